The molecule has 3 aromatic rings. The first-order valence-corrected chi connectivity index (χ1v) is 12.4. The maximum absolute atomic E-state index is 13.1. The summed E-state index contributed by atoms with van der Waals surface area (Å²) in [5.41, 5.74) is 0.169. The van der Waals surface area contributed by atoms with Gasteiger partial charge in [0.05, 0.1) is 20.3 Å². The van der Waals surface area contributed by atoms with E-state index in [-0.39, 0.29) is 42.3 Å². The summed E-state index contributed by atoms with van der Waals surface area (Å²) in [6.07, 6.45) is 1.70. The fraction of sp³-hybridized carbons (Fsp3) is 0.444. The first kappa shape index (κ1) is 29.4. The normalized spacial score (nSPS) is 13.0. The standard InChI is InChI=1S/C27H34N4O8/c1-16(2)21(31-26(34)39-27(3,4)5)24-29-18(14-38-24)22(32)28-19(13-36-12-17-10-8-7-9-11-17)23-30-20(15-37-23)25(33)35-6/h7-11,14-16,19,21H,12-13H2,1-6H3,(H,28,32)(H,31,34). The van der Waals surface area contributed by atoms with Crippen LogP contribution in [0, 0.1) is 5.92 Å². The van der Waals surface area contributed by atoms with E-state index >= 15 is 0 Å². The number of alkyl carbamates (subject to hydrolysis) is 1. The molecule has 39 heavy (non-hydrogen) atoms. The van der Waals surface area contributed by atoms with Crippen molar-refractivity contribution >= 4 is 18.0 Å². The average Bonchev–Trinajstić information content (AvgIpc) is 3.56. The third-order valence-electron chi connectivity index (χ3n) is 5.28. The maximum atomic E-state index is 13.1. The van der Waals surface area contributed by atoms with Gasteiger partial charge in [-0.3, -0.25) is 4.79 Å². The van der Waals surface area contributed by atoms with E-state index in [0.717, 1.165) is 11.8 Å². The second-order valence-electron chi connectivity index (χ2n) is 10.0. The van der Waals surface area contributed by atoms with E-state index in [4.69, 9.17) is 18.3 Å². The van der Waals surface area contributed by atoms with E-state index in [0.29, 0.717) is 0 Å². The largest absolute Gasteiger partial charge is 0.464 e. The van der Waals surface area contributed by atoms with Gasteiger partial charge in [0.2, 0.25) is 11.8 Å². The number of carbonyl (C=O) groups excluding carboxylic acids is 3. The lowest BCUT2D eigenvalue weighted by molar-refractivity contribution is 0.0478. The van der Waals surface area contributed by atoms with Crippen LogP contribution in [0.15, 0.2) is 51.7 Å². The molecule has 210 valence electrons. The SMILES string of the molecule is COC(=O)c1coc(C(COCc2ccccc2)NC(=O)c2coc(C(NC(=O)OC(C)(C)C)C(C)C)n2)n1. The zero-order valence-electron chi connectivity index (χ0n) is 22.8. The van der Waals surface area contributed by atoms with Crippen LogP contribution in [0.2, 0.25) is 0 Å². The zero-order valence-corrected chi connectivity index (χ0v) is 22.8. The third kappa shape index (κ3) is 8.67. The molecule has 0 radical (unpaired) electrons. The molecule has 2 unspecified atom stereocenters. The number of carbonyl (C=O) groups is 3. The molecular weight excluding hydrogens is 508 g/mol. The van der Waals surface area contributed by atoms with Crippen LogP contribution >= 0.6 is 0 Å². The van der Waals surface area contributed by atoms with Crippen molar-refractivity contribution < 1.29 is 37.4 Å². The smallest absolute Gasteiger partial charge is 0.408 e. The average molecular weight is 543 g/mol. The number of methoxy groups -OCH3 is 1. The maximum Gasteiger partial charge on any atom is 0.408 e. The Balaban J connectivity index is 1.74. The van der Waals surface area contributed by atoms with Crippen LogP contribution in [0.3, 0.4) is 0 Å². The number of hydrogen-bond acceptors (Lipinski definition) is 10. The second-order valence-corrected chi connectivity index (χ2v) is 10.0. The van der Waals surface area contributed by atoms with Gasteiger partial charge in [-0.25, -0.2) is 19.6 Å². The Hall–Kier alpha value is -4.19. The van der Waals surface area contributed by atoms with Crippen LogP contribution in [0.4, 0.5) is 4.79 Å². The Labute approximate surface area is 226 Å². The number of aromatic nitrogens is 2. The molecular formula is C27H34N4O8. The van der Waals surface area contributed by atoms with Crippen LogP contribution in [0.5, 0.6) is 0 Å². The van der Waals surface area contributed by atoms with Gasteiger partial charge in [0.25, 0.3) is 5.91 Å². The molecule has 0 aliphatic heterocycles. The van der Waals surface area contributed by atoms with Gasteiger partial charge in [-0.05, 0) is 32.3 Å². The summed E-state index contributed by atoms with van der Waals surface area (Å²) in [4.78, 5) is 45.7. The highest BCUT2D eigenvalue weighted by Crippen LogP contribution is 2.23. The van der Waals surface area contributed by atoms with Crippen molar-refractivity contribution in [2.24, 2.45) is 5.92 Å². The predicted octanol–water partition coefficient (Wildman–Crippen LogP) is 4.36. The first-order chi connectivity index (χ1) is 18.5. The molecule has 2 N–H and O–H groups in total. The van der Waals surface area contributed by atoms with Crippen molar-refractivity contribution in [2.45, 2.75) is 58.9 Å². The minimum Gasteiger partial charge on any atom is -0.464 e. The summed E-state index contributed by atoms with van der Waals surface area (Å²) in [6.45, 7) is 9.27. The summed E-state index contributed by atoms with van der Waals surface area (Å²) in [6, 6.07) is 7.98. The van der Waals surface area contributed by atoms with Crippen LogP contribution < -0.4 is 10.6 Å². The molecule has 2 aromatic heterocycles. The topological polar surface area (TPSA) is 155 Å². The molecule has 0 aliphatic carbocycles. The molecule has 0 spiro atoms. The zero-order chi connectivity index (χ0) is 28.6. The monoisotopic (exact) mass is 542 g/mol. The summed E-state index contributed by atoms with van der Waals surface area (Å²) in [7, 11) is 1.23. The van der Waals surface area contributed by atoms with E-state index in [2.05, 4.69) is 25.3 Å². The van der Waals surface area contributed by atoms with Crippen molar-refractivity contribution in [3.63, 3.8) is 0 Å². The first-order valence-electron chi connectivity index (χ1n) is 12.4. The Bertz CT molecular complexity index is 1250. The highest BCUT2D eigenvalue weighted by molar-refractivity contribution is 5.92. The summed E-state index contributed by atoms with van der Waals surface area (Å²) < 4.78 is 26.8. The lowest BCUT2D eigenvalue weighted by Crippen LogP contribution is -2.37. The van der Waals surface area contributed by atoms with Crippen LogP contribution in [-0.2, 0) is 20.8 Å². The Morgan fingerprint density at radius 3 is 2.23 bits per heavy atom. The van der Waals surface area contributed by atoms with Gasteiger partial charge in [-0.2, -0.15) is 0 Å². The van der Waals surface area contributed by atoms with Crippen LogP contribution in [0.1, 0.15) is 85.0 Å². The summed E-state index contributed by atoms with van der Waals surface area (Å²) in [5, 5.41) is 5.49. The van der Waals surface area contributed by atoms with Crippen LogP contribution in [-0.4, -0.2) is 47.3 Å². The molecule has 2 amide bonds. The number of hydrogen-bond donors (Lipinski definition) is 2. The number of nitrogens with zero attached hydrogens (tertiary/aromatic N) is 2. The molecule has 12 heteroatoms. The van der Waals surface area contributed by atoms with Gasteiger partial charge in [0.1, 0.15) is 30.2 Å². The molecule has 0 bridgehead atoms. The molecule has 3 rings (SSSR count). The van der Waals surface area contributed by atoms with Crippen molar-refractivity contribution in [2.75, 3.05) is 13.7 Å². The van der Waals surface area contributed by atoms with Crippen molar-refractivity contribution in [3.05, 3.63) is 71.6 Å². The minimum absolute atomic E-state index is 0.0126. The highest BCUT2D eigenvalue weighted by Gasteiger charge is 2.29. The fourth-order valence-corrected chi connectivity index (χ4v) is 3.40. The van der Waals surface area contributed by atoms with Crippen molar-refractivity contribution in [1.82, 2.24) is 20.6 Å². The summed E-state index contributed by atoms with van der Waals surface area (Å²) >= 11 is 0. The fourth-order valence-electron chi connectivity index (χ4n) is 3.40. The van der Waals surface area contributed by atoms with Gasteiger partial charge in [0, 0.05) is 0 Å². The van der Waals surface area contributed by atoms with Crippen LogP contribution in [0.25, 0.3) is 0 Å². The second kappa shape index (κ2) is 13.1. The van der Waals surface area contributed by atoms with Crippen molar-refractivity contribution in [1.29, 1.82) is 0 Å². The van der Waals surface area contributed by atoms with E-state index < -0.39 is 35.7 Å². The molecule has 2 atom stereocenters. The van der Waals surface area contributed by atoms with E-state index in [1.165, 1.54) is 13.4 Å². The predicted molar refractivity (Wildman–Crippen MR) is 138 cm³/mol. The lowest BCUT2D eigenvalue weighted by atomic mass is 10.0. The summed E-state index contributed by atoms with van der Waals surface area (Å²) in [5.74, 6) is -1.21. The Morgan fingerprint density at radius 1 is 0.949 bits per heavy atom. The van der Waals surface area contributed by atoms with Gasteiger partial charge < -0.3 is 33.7 Å². The van der Waals surface area contributed by atoms with Gasteiger partial charge in [-0.1, -0.05) is 44.2 Å². The van der Waals surface area contributed by atoms with E-state index in [1.807, 2.05) is 44.2 Å². The van der Waals surface area contributed by atoms with Gasteiger partial charge in [-0.15, -0.1) is 0 Å². The van der Waals surface area contributed by atoms with E-state index in [1.54, 1.807) is 20.8 Å². The lowest BCUT2D eigenvalue weighted by Gasteiger charge is -2.24. The number of esters is 1. The van der Waals surface area contributed by atoms with Gasteiger partial charge in [0.15, 0.2) is 11.4 Å². The Kier molecular flexibility index (Phi) is 9.83. The number of rotatable bonds is 11. The quantitative estimate of drug-likeness (QED) is 0.334. The molecule has 12 nitrogen and oxygen atoms in total. The molecule has 0 aliphatic rings. The number of benzene rings is 1. The number of oxazole rings is 2. The minimum atomic E-state index is -0.861. The molecule has 1 aromatic carbocycles. The molecule has 0 fully saturated rings. The number of nitrogens with one attached hydrogen (secondary N) is 2. The Morgan fingerprint density at radius 2 is 1.59 bits per heavy atom. The molecule has 2 heterocycles. The number of amides is 2. The molecule has 0 saturated heterocycles. The van der Waals surface area contributed by atoms with Crippen molar-refractivity contribution in [3.8, 4) is 0 Å². The highest BCUT2D eigenvalue weighted by atomic mass is 16.6. The van der Waals surface area contributed by atoms with E-state index in [9.17, 15) is 14.4 Å². The van der Waals surface area contributed by atoms with Gasteiger partial charge >= 0.3 is 12.1 Å². The number of ether oxygens (including phenoxy) is 3. The molecule has 0 saturated carbocycles. The third-order valence-corrected chi connectivity index (χ3v) is 5.28.